The molecule has 0 amide bonds. The molecule has 1 rings (SSSR count). The van der Waals surface area contributed by atoms with Gasteiger partial charge in [0, 0.05) is 12.5 Å². The summed E-state index contributed by atoms with van der Waals surface area (Å²) in [7, 11) is 0. The van der Waals surface area contributed by atoms with Crippen LogP contribution in [0, 0.1) is 5.92 Å². The molecule has 0 radical (unpaired) electrons. The topological polar surface area (TPSA) is 59.4 Å². The van der Waals surface area contributed by atoms with Gasteiger partial charge in [0.25, 0.3) is 0 Å². The molecule has 3 nitrogen and oxygen atoms in total. The van der Waals surface area contributed by atoms with E-state index >= 15 is 0 Å². The second kappa shape index (κ2) is 4.84. The van der Waals surface area contributed by atoms with Gasteiger partial charge in [0.2, 0.25) is 0 Å². The SMILES string of the molecule is C/C(=C\c1ccco1)C(CN)CO. The van der Waals surface area contributed by atoms with Crippen LogP contribution in [-0.2, 0) is 0 Å². The summed E-state index contributed by atoms with van der Waals surface area (Å²) in [6, 6.07) is 3.70. The number of nitrogens with two attached hydrogens (primary N) is 1. The van der Waals surface area contributed by atoms with Crippen LogP contribution in [0.4, 0.5) is 0 Å². The Morgan fingerprint density at radius 2 is 2.54 bits per heavy atom. The fourth-order valence-electron chi connectivity index (χ4n) is 1.12. The van der Waals surface area contributed by atoms with Crippen LogP contribution in [0.3, 0.4) is 0 Å². The molecule has 1 aromatic heterocycles. The van der Waals surface area contributed by atoms with Crippen LogP contribution in [0.5, 0.6) is 0 Å². The van der Waals surface area contributed by atoms with E-state index < -0.39 is 0 Å². The fourth-order valence-corrected chi connectivity index (χ4v) is 1.12. The molecule has 0 fully saturated rings. The first-order valence-electron chi connectivity index (χ1n) is 4.30. The Bertz CT molecular complexity index is 260. The minimum absolute atomic E-state index is 0.0325. The van der Waals surface area contributed by atoms with Gasteiger partial charge in [-0.2, -0.15) is 0 Å². The average Bonchev–Trinajstić information content (AvgIpc) is 2.59. The Hall–Kier alpha value is -1.06. The van der Waals surface area contributed by atoms with Gasteiger partial charge in [-0.3, -0.25) is 0 Å². The lowest BCUT2D eigenvalue weighted by Gasteiger charge is -2.10. The molecule has 0 aliphatic rings. The van der Waals surface area contributed by atoms with E-state index in [4.69, 9.17) is 15.3 Å². The zero-order chi connectivity index (χ0) is 9.68. The van der Waals surface area contributed by atoms with Crippen LogP contribution in [0.2, 0.25) is 0 Å². The summed E-state index contributed by atoms with van der Waals surface area (Å²) in [6.07, 6.45) is 3.52. The number of aliphatic hydroxyl groups is 1. The Morgan fingerprint density at radius 1 is 1.77 bits per heavy atom. The van der Waals surface area contributed by atoms with Crippen molar-refractivity contribution in [3.05, 3.63) is 29.7 Å². The van der Waals surface area contributed by atoms with Crippen LogP contribution in [0.25, 0.3) is 6.08 Å². The summed E-state index contributed by atoms with van der Waals surface area (Å²) in [4.78, 5) is 0. The molecule has 0 aromatic carbocycles. The smallest absolute Gasteiger partial charge is 0.126 e. The predicted octanol–water partition coefficient (Wildman–Crippen LogP) is 1.25. The molecule has 0 aliphatic carbocycles. The predicted molar refractivity (Wildman–Crippen MR) is 52.0 cm³/mol. The van der Waals surface area contributed by atoms with Gasteiger partial charge < -0.3 is 15.3 Å². The Morgan fingerprint density at radius 3 is 3.00 bits per heavy atom. The first-order chi connectivity index (χ1) is 6.27. The summed E-state index contributed by atoms with van der Waals surface area (Å²) < 4.78 is 5.14. The van der Waals surface area contributed by atoms with Gasteiger partial charge in [-0.15, -0.1) is 0 Å². The molecule has 3 N–H and O–H groups in total. The van der Waals surface area contributed by atoms with Crippen molar-refractivity contribution >= 4 is 6.08 Å². The van der Waals surface area contributed by atoms with Crippen LogP contribution < -0.4 is 5.73 Å². The largest absolute Gasteiger partial charge is 0.465 e. The molecule has 72 valence electrons. The van der Waals surface area contributed by atoms with Gasteiger partial charge >= 0.3 is 0 Å². The van der Waals surface area contributed by atoms with Crippen LogP contribution in [-0.4, -0.2) is 18.3 Å². The van der Waals surface area contributed by atoms with Crippen molar-refractivity contribution in [1.29, 1.82) is 0 Å². The number of furan rings is 1. The molecule has 3 heteroatoms. The molecule has 1 atom stereocenters. The standard InChI is InChI=1S/C10H15NO2/c1-8(9(6-11)7-12)5-10-3-2-4-13-10/h2-5,9,12H,6-7,11H2,1H3/b8-5+. The lowest BCUT2D eigenvalue weighted by molar-refractivity contribution is 0.250. The van der Waals surface area contributed by atoms with E-state index in [1.165, 1.54) is 0 Å². The average molecular weight is 181 g/mol. The van der Waals surface area contributed by atoms with Gasteiger partial charge in [0.15, 0.2) is 0 Å². The van der Waals surface area contributed by atoms with E-state index in [-0.39, 0.29) is 12.5 Å². The molecule has 0 spiro atoms. The zero-order valence-corrected chi connectivity index (χ0v) is 7.73. The number of rotatable bonds is 4. The van der Waals surface area contributed by atoms with Gasteiger partial charge in [-0.25, -0.2) is 0 Å². The third-order valence-electron chi connectivity index (χ3n) is 2.06. The summed E-state index contributed by atoms with van der Waals surface area (Å²) in [5.41, 5.74) is 6.52. The van der Waals surface area contributed by atoms with Crippen molar-refractivity contribution in [2.75, 3.05) is 13.2 Å². The zero-order valence-electron chi connectivity index (χ0n) is 7.73. The van der Waals surface area contributed by atoms with Crippen molar-refractivity contribution in [3.63, 3.8) is 0 Å². The highest BCUT2D eigenvalue weighted by molar-refractivity contribution is 5.47. The molecule has 0 aliphatic heterocycles. The van der Waals surface area contributed by atoms with Gasteiger partial charge in [-0.05, 0) is 25.1 Å². The normalized spacial score (nSPS) is 14.5. The number of hydrogen-bond acceptors (Lipinski definition) is 3. The third-order valence-corrected chi connectivity index (χ3v) is 2.06. The first kappa shape index (κ1) is 10.0. The van der Waals surface area contributed by atoms with Crippen molar-refractivity contribution in [1.82, 2.24) is 0 Å². The first-order valence-corrected chi connectivity index (χ1v) is 4.30. The van der Waals surface area contributed by atoms with Crippen molar-refractivity contribution in [2.45, 2.75) is 6.92 Å². The minimum Gasteiger partial charge on any atom is -0.465 e. The van der Waals surface area contributed by atoms with Gasteiger partial charge in [-0.1, -0.05) is 5.57 Å². The second-order valence-electron chi connectivity index (χ2n) is 3.02. The molecule has 0 saturated carbocycles. The van der Waals surface area contributed by atoms with Crippen LogP contribution in [0.1, 0.15) is 12.7 Å². The van der Waals surface area contributed by atoms with Crippen LogP contribution in [0.15, 0.2) is 28.4 Å². The maximum absolute atomic E-state index is 8.97. The van der Waals surface area contributed by atoms with Gasteiger partial charge in [0.1, 0.15) is 5.76 Å². The lowest BCUT2D eigenvalue weighted by Crippen LogP contribution is -2.18. The van der Waals surface area contributed by atoms with E-state index in [0.717, 1.165) is 11.3 Å². The monoisotopic (exact) mass is 181 g/mol. The molecule has 0 saturated heterocycles. The van der Waals surface area contributed by atoms with E-state index in [1.54, 1.807) is 6.26 Å². The van der Waals surface area contributed by atoms with Gasteiger partial charge in [0.05, 0.1) is 12.9 Å². The minimum atomic E-state index is 0.0325. The lowest BCUT2D eigenvalue weighted by atomic mass is 10.0. The quantitative estimate of drug-likeness (QED) is 0.735. The van der Waals surface area contributed by atoms with E-state index in [1.807, 2.05) is 25.1 Å². The molecule has 13 heavy (non-hydrogen) atoms. The summed E-state index contributed by atoms with van der Waals surface area (Å²) in [5.74, 6) is 0.828. The highest BCUT2D eigenvalue weighted by Crippen LogP contribution is 2.13. The van der Waals surface area contributed by atoms with Crippen LogP contribution >= 0.6 is 0 Å². The molecule has 1 aromatic rings. The molecule has 0 bridgehead atoms. The number of aliphatic hydroxyl groups excluding tert-OH is 1. The maximum atomic E-state index is 8.97. The Labute approximate surface area is 77.9 Å². The maximum Gasteiger partial charge on any atom is 0.126 e. The molecule has 1 heterocycles. The number of hydrogen-bond donors (Lipinski definition) is 2. The molecular formula is C10H15NO2. The Kier molecular flexibility index (Phi) is 3.73. The molecular weight excluding hydrogens is 166 g/mol. The summed E-state index contributed by atoms with van der Waals surface area (Å²) >= 11 is 0. The summed E-state index contributed by atoms with van der Waals surface area (Å²) in [5, 5.41) is 8.97. The van der Waals surface area contributed by atoms with E-state index in [9.17, 15) is 0 Å². The fraction of sp³-hybridized carbons (Fsp3) is 0.400. The van der Waals surface area contributed by atoms with E-state index in [2.05, 4.69) is 0 Å². The Balaban J connectivity index is 2.70. The third kappa shape index (κ3) is 2.72. The van der Waals surface area contributed by atoms with Crippen molar-refractivity contribution < 1.29 is 9.52 Å². The summed E-state index contributed by atoms with van der Waals surface area (Å²) in [6.45, 7) is 2.48. The van der Waals surface area contributed by atoms with Crippen molar-refractivity contribution in [3.8, 4) is 0 Å². The van der Waals surface area contributed by atoms with E-state index in [0.29, 0.717) is 6.54 Å². The molecule has 1 unspecified atom stereocenters. The highest BCUT2D eigenvalue weighted by Gasteiger charge is 2.07. The second-order valence-corrected chi connectivity index (χ2v) is 3.02. The highest BCUT2D eigenvalue weighted by atomic mass is 16.3. The van der Waals surface area contributed by atoms with Crippen molar-refractivity contribution in [2.24, 2.45) is 11.7 Å².